The molecule has 0 aliphatic rings. The third-order valence-electron chi connectivity index (χ3n) is 4.55. The molecule has 1 aromatic heterocycles. The first-order valence-electron chi connectivity index (χ1n) is 8.33. The average molecular weight is 498 g/mol. The lowest BCUT2D eigenvalue weighted by atomic mass is 9.90. The van der Waals surface area contributed by atoms with Gasteiger partial charge in [-0.05, 0) is 84.8 Å². The van der Waals surface area contributed by atoms with E-state index in [1.807, 2.05) is 42.8 Å². The van der Waals surface area contributed by atoms with Crippen LogP contribution in [-0.4, -0.2) is 15.7 Å². The quantitative estimate of drug-likeness (QED) is 0.520. The molecule has 1 amide bonds. The highest BCUT2D eigenvalue weighted by Gasteiger charge is 2.27. The molecule has 0 saturated carbocycles. The number of aryl methyl sites for hydroxylation is 1. The van der Waals surface area contributed by atoms with E-state index in [1.165, 1.54) is 12.1 Å². The molecule has 2 aromatic carbocycles. The Morgan fingerprint density at radius 2 is 1.93 bits per heavy atom. The highest BCUT2D eigenvalue weighted by molar-refractivity contribution is 14.1. The zero-order valence-corrected chi connectivity index (χ0v) is 17.8. The first-order valence-corrected chi connectivity index (χ1v) is 9.79. The summed E-state index contributed by atoms with van der Waals surface area (Å²) in [4.78, 5) is 12.2. The van der Waals surface area contributed by atoms with Gasteiger partial charge in [-0.3, -0.25) is 4.79 Å². The molecule has 1 heterocycles. The van der Waals surface area contributed by atoms with E-state index in [4.69, 9.17) is 17.3 Å². The minimum atomic E-state index is -0.606. The summed E-state index contributed by atoms with van der Waals surface area (Å²) in [6, 6.07) is 12.1. The lowest BCUT2D eigenvalue weighted by Gasteiger charge is -2.16. The summed E-state index contributed by atoms with van der Waals surface area (Å²) in [5, 5.41) is 4.88. The van der Waals surface area contributed by atoms with Gasteiger partial charge in [-0.25, -0.2) is 9.07 Å². The fourth-order valence-corrected chi connectivity index (χ4v) is 3.85. The average Bonchev–Trinajstić information content (AvgIpc) is 2.89. The maximum atomic E-state index is 13.3. The molecule has 0 aliphatic heterocycles. The van der Waals surface area contributed by atoms with Gasteiger partial charge in [0.05, 0.1) is 17.3 Å². The number of nitrogens with two attached hydrogens (primary N) is 1. The molecule has 1 unspecified atom stereocenters. The van der Waals surface area contributed by atoms with Crippen molar-refractivity contribution in [3.05, 3.63) is 79.4 Å². The zero-order chi connectivity index (χ0) is 19.7. The van der Waals surface area contributed by atoms with Crippen LogP contribution in [-0.2, 0) is 11.2 Å². The van der Waals surface area contributed by atoms with Crippen molar-refractivity contribution in [2.24, 2.45) is 5.73 Å². The standard InChI is InChI=1S/C20H18ClFIN3O/c1-11-19(12(2)26(25-11)16-7-5-15(23)6-8-16)17(20(24)27)9-13-3-4-14(22)10-18(13)21/h3-8,10,17H,9H2,1-2H3,(H2,24,27). The largest absolute Gasteiger partial charge is 0.369 e. The molecule has 0 radical (unpaired) electrons. The third kappa shape index (κ3) is 4.16. The van der Waals surface area contributed by atoms with Crippen molar-refractivity contribution in [2.45, 2.75) is 26.2 Å². The molecule has 0 bridgehead atoms. The Morgan fingerprint density at radius 3 is 2.52 bits per heavy atom. The van der Waals surface area contributed by atoms with Crippen molar-refractivity contribution in [3.8, 4) is 5.69 Å². The Kier molecular flexibility index (Phi) is 5.86. The number of carbonyl (C=O) groups excluding carboxylic acids is 1. The van der Waals surface area contributed by atoms with E-state index < -0.39 is 17.6 Å². The van der Waals surface area contributed by atoms with Crippen LogP contribution in [0.1, 0.15) is 28.4 Å². The molecule has 0 aliphatic carbocycles. The molecule has 0 spiro atoms. The topological polar surface area (TPSA) is 60.9 Å². The van der Waals surface area contributed by atoms with Gasteiger partial charge in [0.15, 0.2) is 0 Å². The van der Waals surface area contributed by atoms with E-state index in [2.05, 4.69) is 27.7 Å². The molecule has 0 saturated heterocycles. The number of rotatable bonds is 5. The molecule has 140 valence electrons. The lowest BCUT2D eigenvalue weighted by molar-refractivity contribution is -0.119. The van der Waals surface area contributed by atoms with Gasteiger partial charge in [0.25, 0.3) is 0 Å². The van der Waals surface area contributed by atoms with Crippen molar-refractivity contribution in [1.82, 2.24) is 9.78 Å². The number of carbonyl (C=O) groups is 1. The summed E-state index contributed by atoms with van der Waals surface area (Å²) in [5.74, 6) is -1.49. The number of halogens is 3. The number of primary amides is 1. The van der Waals surface area contributed by atoms with Crippen LogP contribution in [0.5, 0.6) is 0 Å². The van der Waals surface area contributed by atoms with Crippen LogP contribution in [0.25, 0.3) is 5.69 Å². The van der Waals surface area contributed by atoms with Crippen molar-refractivity contribution in [1.29, 1.82) is 0 Å². The van der Waals surface area contributed by atoms with Crippen molar-refractivity contribution >= 4 is 40.1 Å². The number of aromatic nitrogens is 2. The lowest BCUT2D eigenvalue weighted by Crippen LogP contribution is -2.24. The SMILES string of the molecule is Cc1nn(-c2ccc(I)cc2)c(C)c1C(Cc1ccc(F)cc1Cl)C(N)=O. The normalized spacial score (nSPS) is 12.2. The summed E-state index contributed by atoms with van der Waals surface area (Å²) in [5.41, 5.74) is 9.64. The monoisotopic (exact) mass is 497 g/mol. The molecule has 3 rings (SSSR count). The number of hydrogen-bond donors (Lipinski definition) is 1. The van der Waals surface area contributed by atoms with Crippen LogP contribution in [0.15, 0.2) is 42.5 Å². The minimum Gasteiger partial charge on any atom is -0.369 e. The molecule has 0 fully saturated rings. The van der Waals surface area contributed by atoms with Crippen molar-refractivity contribution in [2.75, 3.05) is 0 Å². The molecular weight excluding hydrogens is 480 g/mol. The summed E-state index contributed by atoms with van der Waals surface area (Å²) >= 11 is 8.39. The van der Waals surface area contributed by atoms with Gasteiger partial charge in [-0.2, -0.15) is 5.10 Å². The van der Waals surface area contributed by atoms with E-state index in [-0.39, 0.29) is 11.4 Å². The predicted molar refractivity (Wildman–Crippen MR) is 113 cm³/mol. The number of nitrogens with zero attached hydrogens (tertiary/aromatic N) is 2. The Morgan fingerprint density at radius 1 is 1.26 bits per heavy atom. The molecule has 27 heavy (non-hydrogen) atoms. The molecular formula is C20H18ClFIN3O. The first kappa shape index (κ1) is 19.8. The van der Waals surface area contributed by atoms with E-state index in [0.717, 1.165) is 26.2 Å². The summed E-state index contributed by atoms with van der Waals surface area (Å²) in [6.07, 6.45) is 0.286. The molecule has 2 N–H and O–H groups in total. The molecule has 7 heteroatoms. The minimum absolute atomic E-state index is 0.279. The number of hydrogen-bond acceptors (Lipinski definition) is 2. The van der Waals surface area contributed by atoms with Crippen LogP contribution in [0.4, 0.5) is 4.39 Å². The second-order valence-corrected chi connectivity index (χ2v) is 8.02. The fourth-order valence-electron chi connectivity index (χ4n) is 3.24. The smallest absolute Gasteiger partial charge is 0.225 e. The second kappa shape index (κ2) is 7.98. The van der Waals surface area contributed by atoms with E-state index in [9.17, 15) is 9.18 Å². The summed E-state index contributed by atoms with van der Waals surface area (Å²) in [6.45, 7) is 3.77. The maximum absolute atomic E-state index is 13.3. The Bertz CT molecular complexity index is 1000. The first-order chi connectivity index (χ1) is 12.8. The third-order valence-corrected chi connectivity index (χ3v) is 5.62. The van der Waals surface area contributed by atoms with Gasteiger partial charge in [-0.1, -0.05) is 17.7 Å². The fraction of sp³-hybridized carbons (Fsp3) is 0.200. The molecule has 1 atom stereocenters. The van der Waals surface area contributed by atoms with Crippen LogP contribution in [0, 0.1) is 23.2 Å². The second-order valence-electron chi connectivity index (χ2n) is 6.37. The summed E-state index contributed by atoms with van der Waals surface area (Å²) < 4.78 is 16.3. The Balaban J connectivity index is 2.03. The Labute approximate surface area is 175 Å². The molecule has 4 nitrogen and oxygen atoms in total. The van der Waals surface area contributed by atoms with Gasteiger partial charge < -0.3 is 5.73 Å². The Hall–Kier alpha value is -1.93. The van der Waals surface area contributed by atoms with Gasteiger partial charge >= 0.3 is 0 Å². The van der Waals surface area contributed by atoms with Crippen LogP contribution < -0.4 is 5.73 Å². The van der Waals surface area contributed by atoms with Crippen LogP contribution >= 0.6 is 34.2 Å². The zero-order valence-electron chi connectivity index (χ0n) is 14.8. The highest BCUT2D eigenvalue weighted by Crippen LogP contribution is 2.31. The van der Waals surface area contributed by atoms with Gasteiger partial charge in [0.2, 0.25) is 5.91 Å². The predicted octanol–water partition coefficient (Wildman–Crippen LogP) is 4.70. The highest BCUT2D eigenvalue weighted by atomic mass is 127. The van der Waals surface area contributed by atoms with Gasteiger partial charge in [0.1, 0.15) is 5.82 Å². The number of amides is 1. The van der Waals surface area contributed by atoms with Gasteiger partial charge in [-0.15, -0.1) is 0 Å². The maximum Gasteiger partial charge on any atom is 0.225 e. The van der Waals surface area contributed by atoms with E-state index >= 15 is 0 Å². The van der Waals surface area contributed by atoms with Crippen LogP contribution in [0.2, 0.25) is 5.02 Å². The van der Waals surface area contributed by atoms with Crippen molar-refractivity contribution in [3.63, 3.8) is 0 Å². The van der Waals surface area contributed by atoms with Gasteiger partial charge in [0, 0.05) is 19.9 Å². The molecule has 3 aromatic rings. The van der Waals surface area contributed by atoms with E-state index in [0.29, 0.717) is 5.56 Å². The summed E-state index contributed by atoms with van der Waals surface area (Å²) in [7, 11) is 0. The van der Waals surface area contributed by atoms with Crippen LogP contribution in [0.3, 0.4) is 0 Å². The number of benzene rings is 2. The van der Waals surface area contributed by atoms with Crippen molar-refractivity contribution < 1.29 is 9.18 Å². The van der Waals surface area contributed by atoms with E-state index in [1.54, 1.807) is 6.07 Å².